The molecule has 0 aromatic heterocycles. The number of imide groups is 1. The van der Waals surface area contributed by atoms with E-state index in [1.807, 2.05) is 27.7 Å². The molecule has 7 heteroatoms. The van der Waals surface area contributed by atoms with Gasteiger partial charge in [0.25, 0.3) is 11.8 Å². The van der Waals surface area contributed by atoms with Crippen LogP contribution in [-0.2, 0) is 9.57 Å². The van der Waals surface area contributed by atoms with Crippen LogP contribution in [0.2, 0.25) is 0 Å². The van der Waals surface area contributed by atoms with E-state index in [2.05, 4.69) is 0 Å². The highest BCUT2D eigenvalue weighted by Gasteiger charge is 2.40. The fraction of sp³-hybridized carbons (Fsp3) is 0.550. The summed E-state index contributed by atoms with van der Waals surface area (Å²) < 4.78 is 5.48. The molecule has 0 unspecified atom stereocenters. The molecule has 7 nitrogen and oxygen atoms in total. The quantitative estimate of drug-likeness (QED) is 0.758. The molecule has 1 saturated heterocycles. The largest absolute Gasteiger partial charge is 0.444 e. The van der Waals surface area contributed by atoms with E-state index in [0.717, 1.165) is 11.5 Å². The molecule has 2 atom stereocenters. The SMILES string of the molecule is CC[C@H]1C[C@@H](ON2C(=O)c3ccccc3C2=O)CCN1C(=O)OC(C)(C)C. The summed E-state index contributed by atoms with van der Waals surface area (Å²) in [5, 5.41) is 0.866. The zero-order valence-electron chi connectivity index (χ0n) is 16.2. The maximum atomic E-state index is 12.5. The molecule has 2 aliphatic heterocycles. The summed E-state index contributed by atoms with van der Waals surface area (Å²) in [4.78, 5) is 44.8. The molecule has 1 fully saturated rings. The van der Waals surface area contributed by atoms with Crippen LogP contribution >= 0.6 is 0 Å². The summed E-state index contributed by atoms with van der Waals surface area (Å²) >= 11 is 0. The third kappa shape index (κ3) is 3.98. The van der Waals surface area contributed by atoms with Gasteiger partial charge in [-0.2, -0.15) is 0 Å². The number of fused-ring (bicyclic) bond motifs is 1. The Morgan fingerprint density at radius 1 is 1.15 bits per heavy atom. The minimum atomic E-state index is -0.553. The normalized spacial score (nSPS) is 22.8. The van der Waals surface area contributed by atoms with Crippen molar-refractivity contribution < 1.29 is 24.0 Å². The van der Waals surface area contributed by atoms with E-state index in [0.29, 0.717) is 30.5 Å². The zero-order chi connectivity index (χ0) is 19.8. The first kappa shape index (κ1) is 19.4. The Hall–Kier alpha value is -2.41. The molecule has 1 aromatic rings. The minimum absolute atomic E-state index is 0.0613. The molecular weight excluding hydrogens is 348 g/mol. The number of hydroxylamine groups is 2. The average Bonchev–Trinajstić information content (AvgIpc) is 2.85. The molecule has 2 aliphatic rings. The smallest absolute Gasteiger partial charge is 0.410 e. The molecule has 0 aliphatic carbocycles. The first-order valence-corrected chi connectivity index (χ1v) is 9.35. The van der Waals surface area contributed by atoms with Gasteiger partial charge < -0.3 is 9.64 Å². The molecule has 146 valence electrons. The standard InChI is InChI=1S/C20H26N2O5/c1-5-13-12-14(10-11-21(13)19(25)26-20(2,3)4)27-22-17(23)15-8-6-7-9-16(15)18(22)24/h6-9,13-14H,5,10-12H2,1-4H3/t13-,14-/m0/s1. The van der Waals surface area contributed by atoms with Gasteiger partial charge in [0.05, 0.1) is 17.2 Å². The number of likely N-dealkylation sites (tertiary alicyclic amines) is 1. The topological polar surface area (TPSA) is 76.2 Å². The molecule has 0 spiro atoms. The molecular formula is C20H26N2O5. The van der Waals surface area contributed by atoms with Crippen LogP contribution in [0.15, 0.2) is 24.3 Å². The molecule has 0 N–H and O–H groups in total. The third-order valence-corrected chi connectivity index (χ3v) is 4.78. The molecule has 0 saturated carbocycles. The minimum Gasteiger partial charge on any atom is -0.444 e. The average molecular weight is 374 g/mol. The second kappa shape index (κ2) is 7.31. The highest BCUT2D eigenvalue weighted by atomic mass is 16.7. The van der Waals surface area contributed by atoms with Crippen molar-refractivity contribution in [1.82, 2.24) is 9.96 Å². The van der Waals surface area contributed by atoms with Crippen LogP contribution in [-0.4, -0.2) is 52.2 Å². The number of benzene rings is 1. The Bertz CT molecular complexity index is 720. The zero-order valence-corrected chi connectivity index (χ0v) is 16.2. The Balaban J connectivity index is 1.65. The number of hydrogen-bond donors (Lipinski definition) is 0. The van der Waals surface area contributed by atoms with Crippen LogP contribution in [0.5, 0.6) is 0 Å². The van der Waals surface area contributed by atoms with Crippen molar-refractivity contribution >= 4 is 17.9 Å². The summed E-state index contributed by atoms with van der Waals surface area (Å²) in [7, 11) is 0. The second-order valence-corrected chi connectivity index (χ2v) is 7.94. The van der Waals surface area contributed by atoms with Gasteiger partial charge in [0, 0.05) is 12.6 Å². The van der Waals surface area contributed by atoms with Crippen molar-refractivity contribution in [3.05, 3.63) is 35.4 Å². The highest BCUT2D eigenvalue weighted by molar-refractivity contribution is 6.20. The summed E-state index contributed by atoms with van der Waals surface area (Å²) in [6.45, 7) is 7.96. The van der Waals surface area contributed by atoms with Gasteiger partial charge in [-0.25, -0.2) is 4.79 Å². The predicted octanol–water partition coefficient (Wildman–Crippen LogP) is 3.39. The first-order chi connectivity index (χ1) is 12.7. The van der Waals surface area contributed by atoms with Crippen LogP contribution in [0, 0.1) is 0 Å². The lowest BCUT2D eigenvalue weighted by Crippen LogP contribution is -2.50. The molecule has 27 heavy (non-hydrogen) atoms. The Kier molecular flexibility index (Phi) is 5.24. The van der Waals surface area contributed by atoms with E-state index in [4.69, 9.17) is 9.57 Å². The Labute approximate surface area is 159 Å². The van der Waals surface area contributed by atoms with Gasteiger partial charge in [0.1, 0.15) is 5.60 Å². The number of nitrogens with zero attached hydrogens (tertiary/aromatic N) is 2. The van der Waals surface area contributed by atoms with Gasteiger partial charge >= 0.3 is 6.09 Å². The molecule has 3 amide bonds. The lowest BCUT2D eigenvalue weighted by molar-refractivity contribution is -0.151. The monoisotopic (exact) mass is 374 g/mol. The predicted molar refractivity (Wildman–Crippen MR) is 98.1 cm³/mol. The summed E-state index contributed by atoms with van der Waals surface area (Å²) in [5.41, 5.74) is 0.171. The van der Waals surface area contributed by atoms with Crippen LogP contribution < -0.4 is 0 Å². The van der Waals surface area contributed by atoms with Crippen LogP contribution in [0.1, 0.15) is 67.7 Å². The lowest BCUT2D eigenvalue weighted by atomic mass is 9.98. The number of ether oxygens (including phenoxy) is 1. The number of carbonyl (C=O) groups excluding carboxylic acids is 3. The Morgan fingerprint density at radius 2 is 1.74 bits per heavy atom. The van der Waals surface area contributed by atoms with E-state index < -0.39 is 17.4 Å². The number of piperidine rings is 1. The van der Waals surface area contributed by atoms with Gasteiger partial charge in [-0.15, -0.1) is 5.06 Å². The summed E-state index contributed by atoms with van der Waals surface area (Å²) in [6, 6.07) is 6.63. The van der Waals surface area contributed by atoms with E-state index in [1.165, 1.54) is 0 Å². The number of amides is 3. The van der Waals surface area contributed by atoms with Crippen molar-refractivity contribution in [2.24, 2.45) is 0 Å². The number of hydrogen-bond acceptors (Lipinski definition) is 5. The molecule has 0 bridgehead atoms. The molecule has 3 rings (SSSR count). The van der Waals surface area contributed by atoms with Crippen LogP contribution in [0.4, 0.5) is 4.79 Å². The fourth-order valence-electron chi connectivity index (χ4n) is 3.47. The fourth-order valence-corrected chi connectivity index (χ4v) is 3.47. The van der Waals surface area contributed by atoms with Crippen molar-refractivity contribution in [1.29, 1.82) is 0 Å². The number of carbonyl (C=O) groups is 3. The van der Waals surface area contributed by atoms with Gasteiger partial charge in [0.2, 0.25) is 0 Å². The lowest BCUT2D eigenvalue weighted by Gasteiger charge is -2.39. The Morgan fingerprint density at radius 3 is 2.26 bits per heavy atom. The number of rotatable bonds is 3. The van der Waals surface area contributed by atoms with Crippen LogP contribution in [0.25, 0.3) is 0 Å². The maximum Gasteiger partial charge on any atom is 0.410 e. The van der Waals surface area contributed by atoms with E-state index >= 15 is 0 Å². The highest BCUT2D eigenvalue weighted by Crippen LogP contribution is 2.29. The van der Waals surface area contributed by atoms with E-state index in [-0.39, 0.29) is 18.2 Å². The van der Waals surface area contributed by atoms with Gasteiger partial charge in [-0.3, -0.25) is 14.4 Å². The molecule has 2 heterocycles. The first-order valence-electron chi connectivity index (χ1n) is 9.35. The van der Waals surface area contributed by atoms with Gasteiger partial charge in [-0.1, -0.05) is 19.1 Å². The van der Waals surface area contributed by atoms with Crippen molar-refractivity contribution in [2.75, 3.05) is 6.54 Å². The molecule has 0 radical (unpaired) electrons. The molecule has 1 aromatic carbocycles. The third-order valence-electron chi connectivity index (χ3n) is 4.78. The van der Waals surface area contributed by atoms with Crippen molar-refractivity contribution in [3.63, 3.8) is 0 Å². The van der Waals surface area contributed by atoms with Gasteiger partial charge in [-0.05, 0) is 52.2 Å². The van der Waals surface area contributed by atoms with Crippen molar-refractivity contribution in [3.8, 4) is 0 Å². The van der Waals surface area contributed by atoms with Gasteiger partial charge in [0.15, 0.2) is 0 Å². The maximum absolute atomic E-state index is 12.5. The summed E-state index contributed by atoms with van der Waals surface area (Å²) in [6.07, 6.45) is 1.16. The van der Waals surface area contributed by atoms with E-state index in [1.54, 1.807) is 29.2 Å². The van der Waals surface area contributed by atoms with Crippen molar-refractivity contribution in [2.45, 2.75) is 64.7 Å². The van der Waals surface area contributed by atoms with Crippen LogP contribution in [0.3, 0.4) is 0 Å². The van der Waals surface area contributed by atoms with E-state index in [9.17, 15) is 14.4 Å². The summed E-state index contributed by atoms with van der Waals surface area (Å²) in [5.74, 6) is -0.864. The second-order valence-electron chi connectivity index (χ2n) is 7.94.